The fourth-order valence-corrected chi connectivity index (χ4v) is 8.70. The molecule has 0 spiro atoms. The standard InChI is InChI=1S/C40H73BN10O10/c1-6-7-8-9-10-11-12-16-30(54)46-19-17-31(55)47-25(15-13-14-18-42)34(56)49-32(23(2)52)36(58)50-33(44)37(59)48-26(22-29(43)53)35(57)51-38(45)41-60-28-21-24-20-27(39(24,3)4)40(28,5)61-41/h23-28,32-33,38,52H,6-22,42,44-45H2,1-5H3,(H2,43,53)(H,46,54)(H,47,55)(H,48,59)(H,49,56)(H,50,58)(H,51,57)/t23?,24-,25-,26-,27-,28?,32-,33+,38+,40-/m0/s1. The van der Waals surface area contributed by atoms with Crippen molar-refractivity contribution in [1.29, 1.82) is 0 Å². The molecule has 61 heavy (non-hydrogen) atoms. The molecule has 10 atom stereocenters. The highest BCUT2D eigenvalue weighted by atomic mass is 16.7. The average molecular weight is 865 g/mol. The Morgan fingerprint density at radius 2 is 1.43 bits per heavy atom. The molecule has 4 rings (SSSR count). The molecule has 3 aliphatic carbocycles. The number of nitrogens with two attached hydrogens (primary N) is 4. The van der Waals surface area contributed by atoms with Crippen LogP contribution in [0.4, 0.5) is 0 Å². The summed E-state index contributed by atoms with van der Waals surface area (Å²) in [7, 11) is -1.00. The van der Waals surface area contributed by atoms with Gasteiger partial charge in [0.1, 0.15) is 24.2 Å². The largest absolute Gasteiger partial charge is 0.497 e. The van der Waals surface area contributed by atoms with Crippen molar-refractivity contribution in [2.24, 2.45) is 40.2 Å². The van der Waals surface area contributed by atoms with Gasteiger partial charge in [0.05, 0.1) is 24.2 Å². The van der Waals surface area contributed by atoms with E-state index in [9.17, 15) is 38.7 Å². The van der Waals surface area contributed by atoms with Crippen molar-refractivity contribution in [3.05, 3.63) is 0 Å². The normalized spacial score (nSPS) is 24.0. The van der Waals surface area contributed by atoms with Crippen LogP contribution in [0, 0.1) is 17.3 Å². The molecule has 4 aliphatic rings. The van der Waals surface area contributed by atoms with Gasteiger partial charge in [0.15, 0.2) is 6.17 Å². The van der Waals surface area contributed by atoms with Gasteiger partial charge in [0.25, 0.3) is 5.91 Å². The summed E-state index contributed by atoms with van der Waals surface area (Å²) in [6, 6.07) is -5.51. The van der Waals surface area contributed by atoms with Gasteiger partial charge >= 0.3 is 7.12 Å². The van der Waals surface area contributed by atoms with Crippen molar-refractivity contribution in [2.75, 3.05) is 13.1 Å². The van der Waals surface area contributed by atoms with Gasteiger partial charge in [-0.25, -0.2) is 0 Å². The highest BCUT2D eigenvalue weighted by molar-refractivity contribution is 6.47. The molecule has 20 nitrogen and oxygen atoms in total. The predicted octanol–water partition coefficient (Wildman–Crippen LogP) is -1.46. The number of amides is 7. The molecular weight excluding hydrogens is 791 g/mol. The van der Waals surface area contributed by atoms with Crippen LogP contribution in [-0.4, -0.2) is 115 Å². The van der Waals surface area contributed by atoms with Crippen LogP contribution in [0.15, 0.2) is 0 Å². The van der Waals surface area contributed by atoms with E-state index in [1.54, 1.807) is 0 Å². The van der Waals surface area contributed by atoms with Crippen LogP contribution < -0.4 is 54.8 Å². The first-order valence-electron chi connectivity index (χ1n) is 22.0. The molecule has 2 unspecified atom stereocenters. The molecule has 15 N–H and O–H groups in total. The van der Waals surface area contributed by atoms with Crippen LogP contribution in [0.3, 0.4) is 0 Å². The third-order valence-corrected chi connectivity index (χ3v) is 12.5. The molecule has 4 fully saturated rings. The molecule has 1 saturated heterocycles. The maximum Gasteiger partial charge on any atom is 0.497 e. The van der Waals surface area contributed by atoms with Crippen molar-refractivity contribution in [2.45, 2.75) is 179 Å². The van der Waals surface area contributed by atoms with Crippen LogP contribution in [-0.2, 0) is 42.9 Å². The number of rotatable bonds is 28. The predicted molar refractivity (Wildman–Crippen MR) is 227 cm³/mol. The van der Waals surface area contributed by atoms with E-state index < -0.39 is 91.0 Å². The SMILES string of the molecule is CCCCCCCCCC(=O)NCCC(=O)N[C@@H](CCCCN)C(=O)N[C@H](C(=O)N[C@@H](N)C(=O)N[C@@H](CC(N)=O)C(=O)N[C@@H](N)B1OC2C[C@@H]3C[C@@H](C3(C)C)[C@]2(C)O1)C(C)O. The Labute approximate surface area is 360 Å². The number of carbonyl (C=O) groups is 7. The zero-order valence-corrected chi connectivity index (χ0v) is 36.7. The lowest BCUT2D eigenvalue weighted by Gasteiger charge is -2.64. The minimum Gasteiger partial charge on any atom is -0.403 e. The van der Waals surface area contributed by atoms with Gasteiger partial charge in [-0.2, -0.15) is 0 Å². The summed E-state index contributed by atoms with van der Waals surface area (Å²) >= 11 is 0. The minimum absolute atomic E-state index is 0.0638. The maximum absolute atomic E-state index is 13.4. The molecule has 0 aromatic rings. The zero-order chi connectivity index (χ0) is 45.5. The van der Waals surface area contributed by atoms with Crippen molar-refractivity contribution in [1.82, 2.24) is 31.9 Å². The van der Waals surface area contributed by atoms with Gasteiger partial charge in [-0.3, -0.25) is 33.6 Å². The van der Waals surface area contributed by atoms with Gasteiger partial charge in [0, 0.05) is 19.4 Å². The molecule has 21 heteroatoms. The van der Waals surface area contributed by atoms with Crippen molar-refractivity contribution < 1.29 is 48.0 Å². The number of unbranched alkanes of at least 4 members (excludes halogenated alkanes) is 7. The molecule has 3 saturated carbocycles. The van der Waals surface area contributed by atoms with E-state index in [0.717, 1.165) is 38.5 Å². The first kappa shape index (κ1) is 51.5. The zero-order valence-electron chi connectivity index (χ0n) is 36.7. The summed E-state index contributed by atoms with van der Waals surface area (Å²) in [5, 5.41) is 25.2. The van der Waals surface area contributed by atoms with Crippen molar-refractivity contribution >= 4 is 48.5 Å². The van der Waals surface area contributed by atoms with E-state index in [2.05, 4.69) is 52.7 Å². The second-order valence-corrected chi connectivity index (χ2v) is 17.7. The second kappa shape index (κ2) is 24.1. The number of aliphatic hydroxyl groups excluding tert-OH is 1. The number of hydrogen-bond acceptors (Lipinski definition) is 13. The summed E-state index contributed by atoms with van der Waals surface area (Å²) in [6.45, 7) is 10.2. The molecular formula is C40H73BN10O10. The smallest absolute Gasteiger partial charge is 0.403 e. The number of nitrogens with one attached hydrogen (secondary N) is 6. The third-order valence-electron chi connectivity index (χ3n) is 12.5. The lowest BCUT2D eigenvalue weighted by atomic mass is 9.43. The minimum atomic E-state index is -1.83. The molecule has 0 aromatic carbocycles. The summed E-state index contributed by atoms with van der Waals surface area (Å²) < 4.78 is 12.4. The van der Waals surface area contributed by atoms with Crippen LogP contribution in [0.2, 0.25) is 0 Å². The van der Waals surface area contributed by atoms with Gasteiger partial charge in [-0.15, -0.1) is 0 Å². The average Bonchev–Trinajstić information content (AvgIpc) is 3.56. The van der Waals surface area contributed by atoms with E-state index in [-0.39, 0.29) is 42.7 Å². The quantitative estimate of drug-likeness (QED) is 0.0244. The molecule has 0 aromatic heterocycles. The highest BCUT2D eigenvalue weighted by Gasteiger charge is 2.68. The van der Waals surface area contributed by atoms with Crippen molar-refractivity contribution in [3.8, 4) is 0 Å². The molecule has 7 amide bonds. The molecule has 1 aliphatic heterocycles. The number of hydrogen-bond donors (Lipinski definition) is 11. The van der Waals surface area contributed by atoms with Crippen LogP contribution in [0.5, 0.6) is 0 Å². The van der Waals surface area contributed by atoms with E-state index in [0.29, 0.717) is 31.7 Å². The lowest BCUT2D eigenvalue weighted by Crippen LogP contribution is -2.65. The Morgan fingerprint density at radius 3 is 2.05 bits per heavy atom. The van der Waals surface area contributed by atoms with Crippen LogP contribution >= 0.6 is 0 Å². The van der Waals surface area contributed by atoms with Crippen LogP contribution in [0.1, 0.15) is 131 Å². The summed E-state index contributed by atoms with van der Waals surface area (Å²) in [5.74, 6) is -4.76. The molecule has 1 heterocycles. The number of carbonyl (C=O) groups excluding carboxylic acids is 7. The van der Waals surface area contributed by atoms with E-state index in [4.69, 9.17) is 32.2 Å². The molecule has 2 bridgehead atoms. The van der Waals surface area contributed by atoms with E-state index >= 15 is 0 Å². The summed E-state index contributed by atoms with van der Waals surface area (Å²) in [4.78, 5) is 90.2. The topological polar surface area (TPSA) is 334 Å². The Morgan fingerprint density at radius 1 is 0.770 bits per heavy atom. The van der Waals surface area contributed by atoms with E-state index in [1.165, 1.54) is 26.2 Å². The second-order valence-electron chi connectivity index (χ2n) is 17.7. The van der Waals surface area contributed by atoms with Gasteiger partial charge in [0.2, 0.25) is 35.4 Å². The van der Waals surface area contributed by atoms with Crippen LogP contribution in [0.25, 0.3) is 0 Å². The Balaban J connectivity index is 1.52. The Hall–Kier alpha value is -3.89. The number of aliphatic hydroxyl groups is 1. The molecule has 346 valence electrons. The monoisotopic (exact) mass is 865 g/mol. The lowest BCUT2D eigenvalue weighted by molar-refractivity contribution is -0.199. The summed E-state index contributed by atoms with van der Waals surface area (Å²) in [5.41, 5.74) is 22.7. The summed E-state index contributed by atoms with van der Waals surface area (Å²) in [6.07, 6.45) is 6.51. The van der Waals surface area contributed by atoms with Gasteiger partial charge in [-0.05, 0) is 76.2 Å². The fourth-order valence-electron chi connectivity index (χ4n) is 8.70. The highest BCUT2D eigenvalue weighted by Crippen LogP contribution is 2.65. The first-order chi connectivity index (χ1) is 28.7. The number of primary amides is 1. The van der Waals surface area contributed by atoms with E-state index in [1.807, 2.05) is 6.92 Å². The Kier molecular flexibility index (Phi) is 20.3. The Bertz CT molecular complexity index is 1520. The maximum atomic E-state index is 13.4. The first-order valence-corrected chi connectivity index (χ1v) is 22.0. The molecule has 0 radical (unpaired) electrons. The van der Waals surface area contributed by atoms with Crippen molar-refractivity contribution in [3.63, 3.8) is 0 Å². The van der Waals surface area contributed by atoms with Gasteiger partial charge < -0.3 is 69.3 Å². The fraction of sp³-hybridized carbons (Fsp3) is 0.825. The third kappa shape index (κ3) is 14.9. The van der Waals surface area contributed by atoms with Gasteiger partial charge in [-0.1, -0.05) is 59.3 Å².